The second kappa shape index (κ2) is 7.12. The first-order valence-electron chi connectivity index (χ1n) is 7.94. The van der Waals surface area contributed by atoms with Crippen LogP contribution in [0.15, 0.2) is 42.6 Å². The average molecular weight is 324 g/mol. The van der Waals surface area contributed by atoms with Crippen LogP contribution in [0, 0.1) is 6.92 Å². The van der Waals surface area contributed by atoms with E-state index in [1.54, 1.807) is 22.1 Å². The summed E-state index contributed by atoms with van der Waals surface area (Å²) in [6, 6.07) is 11.6. The summed E-state index contributed by atoms with van der Waals surface area (Å²) in [5.74, 6) is -0.103. The minimum atomic E-state index is -0.103. The van der Waals surface area contributed by atoms with Gasteiger partial charge < -0.3 is 15.1 Å². The number of pyridine rings is 1. The molecule has 124 valence electrons. The van der Waals surface area contributed by atoms with Crippen molar-refractivity contribution >= 4 is 23.7 Å². The predicted molar refractivity (Wildman–Crippen MR) is 92.2 cm³/mol. The summed E-state index contributed by atoms with van der Waals surface area (Å²) >= 11 is 0. The highest BCUT2D eigenvalue weighted by Crippen LogP contribution is 2.18. The average Bonchev–Trinajstić information content (AvgIpc) is 2.61. The van der Waals surface area contributed by atoms with Crippen molar-refractivity contribution < 1.29 is 9.59 Å². The van der Waals surface area contributed by atoms with E-state index in [9.17, 15) is 9.59 Å². The molecule has 1 saturated heterocycles. The Morgan fingerprint density at radius 3 is 2.58 bits per heavy atom. The molecule has 0 spiro atoms. The summed E-state index contributed by atoms with van der Waals surface area (Å²) in [6.45, 7) is 4.24. The van der Waals surface area contributed by atoms with E-state index in [0.29, 0.717) is 31.9 Å². The van der Waals surface area contributed by atoms with Crippen LogP contribution in [-0.4, -0.2) is 53.3 Å². The van der Waals surface area contributed by atoms with Gasteiger partial charge in [-0.1, -0.05) is 12.1 Å². The number of piperazine rings is 1. The first-order chi connectivity index (χ1) is 11.7. The molecular formula is C18H20N4O2. The largest absolute Gasteiger partial charge is 0.355 e. The summed E-state index contributed by atoms with van der Waals surface area (Å²) in [7, 11) is 0. The van der Waals surface area contributed by atoms with Crippen LogP contribution in [0.3, 0.4) is 0 Å². The van der Waals surface area contributed by atoms with E-state index in [2.05, 4.69) is 10.3 Å². The Bertz CT molecular complexity index is 739. The van der Waals surface area contributed by atoms with E-state index < -0.39 is 0 Å². The van der Waals surface area contributed by atoms with Gasteiger partial charge in [-0.2, -0.15) is 0 Å². The Labute approximate surface area is 141 Å². The Morgan fingerprint density at radius 1 is 1.12 bits per heavy atom. The maximum absolute atomic E-state index is 12.6. The molecule has 1 aromatic carbocycles. The third-order valence-electron chi connectivity index (χ3n) is 4.04. The number of aryl methyl sites for hydroxylation is 1. The first kappa shape index (κ1) is 16.0. The van der Waals surface area contributed by atoms with Gasteiger partial charge in [0.25, 0.3) is 5.91 Å². The van der Waals surface area contributed by atoms with Crippen LogP contribution in [0.25, 0.3) is 0 Å². The SMILES string of the molecule is Cc1cccc(Nc2ccnc(C(=O)N3CCN(C=O)CC3)c2)c1. The van der Waals surface area contributed by atoms with Crippen molar-refractivity contribution in [3.63, 3.8) is 0 Å². The van der Waals surface area contributed by atoms with Crippen LogP contribution in [0.4, 0.5) is 11.4 Å². The summed E-state index contributed by atoms with van der Waals surface area (Å²) in [4.78, 5) is 30.9. The van der Waals surface area contributed by atoms with Crippen molar-refractivity contribution in [2.45, 2.75) is 6.92 Å². The lowest BCUT2D eigenvalue weighted by atomic mass is 10.2. The highest BCUT2D eigenvalue weighted by molar-refractivity contribution is 5.93. The molecule has 2 heterocycles. The zero-order valence-electron chi connectivity index (χ0n) is 13.6. The molecule has 0 saturated carbocycles. The number of hydrogen-bond acceptors (Lipinski definition) is 4. The Balaban J connectivity index is 1.71. The number of nitrogens with one attached hydrogen (secondary N) is 1. The van der Waals surface area contributed by atoms with Crippen LogP contribution >= 0.6 is 0 Å². The Morgan fingerprint density at radius 2 is 1.88 bits per heavy atom. The Hall–Kier alpha value is -2.89. The third kappa shape index (κ3) is 3.71. The van der Waals surface area contributed by atoms with E-state index in [0.717, 1.165) is 17.8 Å². The maximum atomic E-state index is 12.6. The molecule has 0 radical (unpaired) electrons. The minimum Gasteiger partial charge on any atom is -0.355 e. The van der Waals surface area contributed by atoms with Crippen molar-refractivity contribution in [3.8, 4) is 0 Å². The summed E-state index contributed by atoms with van der Waals surface area (Å²) in [6.07, 6.45) is 2.46. The van der Waals surface area contributed by atoms with Crippen LogP contribution < -0.4 is 5.32 Å². The van der Waals surface area contributed by atoms with Crippen molar-refractivity contribution in [3.05, 3.63) is 53.9 Å². The molecule has 24 heavy (non-hydrogen) atoms. The van der Waals surface area contributed by atoms with Crippen LogP contribution in [0.5, 0.6) is 0 Å². The van der Waals surface area contributed by atoms with Gasteiger partial charge in [-0.3, -0.25) is 14.6 Å². The lowest BCUT2D eigenvalue weighted by Crippen LogP contribution is -2.48. The van der Waals surface area contributed by atoms with Gasteiger partial charge in [0.1, 0.15) is 5.69 Å². The van der Waals surface area contributed by atoms with E-state index in [-0.39, 0.29) is 5.91 Å². The fourth-order valence-electron chi connectivity index (χ4n) is 2.71. The molecule has 1 aliphatic heterocycles. The normalized spacial score (nSPS) is 14.4. The maximum Gasteiger partial charge on any atom is 0.272 e. The highest BCUT2D eigenvalue weighted by Gasteiger charge is 2.22. The molecular weight excluding hydrogens is 304 g/mol. The molecule has 0 bridgehead atoms. The van der Waals surface area contributed by atoms with Gasteiger partial charge in [0.05, 0.1) is 0 Å². The van der Waals surface area contributed by atoms with Gasteiger partial charge in [-0.25, -0.2) is 0 Å². The van der Waals surface area contributed by atoms with Gasteiger partial charge in [0, 0.05) is 43.8 Å². The molecule has 1 N–H and O–H groups in total. The molecule has 6 nitrogen and oxygen atoms in total. The second-order valence-corrected chi connectivity index (χ2v) is 5.86. The van der Waals surface area contributed by atoms with E-state index in [1.165, 1.54) is 5.56 Å². The highest BCUT2D eigenvalue weighted by atomic mass is 16.2. The van der Waals surface area contributed by atoms with E-state index in [1.807, 2.05) is 37.3 Å². The topological polar surface area (TPSA) is 65.5 Å². The van der Waals surface area contributed by atoms with Crippen molar-refractivity contribution in [1.29, 1.82) is 0 Å². The smallest absolute Gasteiger partial charge is 0.272 e. The zero-order chi connectivity index (χ0) is 16.9. The number of carbonyl (C=O) groups is 2. The molecule has 1 fully saturated rings. The van der Waals surface area contributed by atoms with E-state index in [4.69, 9.17) is 0 Å². The molecule has 2 aromatic rings. The fraction of sp³-hybridized carbons (Fsp3) is 0.278. The van der Waals surface area contributed by atoms with Crippen LogP contribution in [0.2, 0.25) is 0 Å². The number of aromatic nitrogens is 1. The number of amides is 2. The number of nitrogens with zero attached hydrogens (tertiary/aromatic N) is 3. The van der Waals surface area contributed by atoms with Gasteiger partial charge in [-0.15, -0.1) is 0 Å². The summed E-state index contributed by atoms with van der Waals surface area (Å²) < 4.78 is 0. The lowest BCUT2D eigenvalue weighted by Gasteiger charge is -2.32. The number of rotatable bonds is 4. The summed E-state index contributed by atoms with van der Waals surface area (Å²) in [5.41, 5.74) is 3.37. The molecule has 1 aromatic heterocycles. The van der Waals surface area contributed by atoms with Crippen molar-refractivity contribution in [2.75, 3.05) is 31.5 Å². The molecule has 3 rings (SSSR count). The lowest BCUT2D eigenvalue weighted by molar-refractivity contribution is -0.119. The number of carbonyl (C=O) groups excluding carboxylic acids is 2. The van der Waals surface area contributed by atoms with Crippen LogP contribution in [-0.2, 0) is 4.79 Å². The number of anilines is 2. The quantitative estimate of drug-likeness (QED) is 0.874. The fourth-order valence-corrected chi connectivity index (χ4v) is 2.71. The standard InChI is InChI=1S/C18H20N4O2/c1-14-3-2-4-15(11-14)20-16-5-6-19-17(12-16)18(24)22-9-7-21(13-23)8-10-22/h2-6,11-13H,7-10H2,1H3,(H,19,20). The Kier molecular flexibility index (Phi) is 4.74. The third-order valence-corrected chi connectivity index (χ3v) is 4.04. The van der Waals surface area contributed by atoms with Gasteiger partial charge in [0.2, 0.25) is 6.41 Å². The zero-order valence-corrected chi connectivity index (χ0v) is 13.6. The molecule has 0 aliphatic carbocycles. The molecule has 0 unspecified atom stereocenters. The van der Waals surface area contributed by atoms with E-state index >= 15 is 0 Å². The summed E-state index contributed by atoms with van der Waals surface area (Å²) in [5, 5.41) is 3.29. The minimum absolute atomic E-state index is 0.103. The van der Waals surface area contributed by atoms with Crippen molar-refractivity contribution in [2.24, 2.45) is 0 Å². The van der Waals surface area contributed by atoms with Gasteiger partial charge in [-0.05, 0) is 36.8 Å². The predicted octanol–water partition coefficient (Wildman–Crippen LogP) is 2.05. The molecule has 0 atom stereocenters. The number of hydrogen-bond donors (Lipinski definition) is 1. The van der Waals surface area contributed by atoms with Gasteiger partial charge in [0.15, 0.2) is 0 Å². The van der Waals surface area contributed by atoms with Crippen molar-refractivity contribution in [1.82, 2.24) is 14.8 Å². The molecule has 1 aliphatic rings. The first-order valence-corrected chi connectivity index (χ1v) is 7.94. The number of benzene rings is 1. The molecule has 6 heteroatoms. The molecule has 2 amide bonds. The monoisotopic (exact) mass is 324 g/mol. The van der Waals surface area contributed by atoms with Crippen LogP contribution in [0.1, 0.15) is 16.1 Å². The second-order valence-electron chi connectivity index (χ2n) is 5.86. The van der Waals surface area contributed by atoms with Gasteiger partial charge >= 0.3 is 0 Å².